The van der Waals surface area contributed by atoms with Crippen molar-refractivity contribution in [1.29, 1.82) is 0 Å². The highest BCUT2D eigenvalue weighted by Gasteiger charge is 2.22. The molecule has 0 saturated carbocycles. The van der Waals surface area contributed by atoms with Crippen molar-refractivity contribution in [3.05, 3.63) is 23.8 Å². The quantitative estimate of drug-likeness (QED) is 0.858. The van der Waals surface area contributed by atoms with Gasteiger partial charge in [-0.2, -0.15) is 0 Å². The first-order valence-corrected chi connectivity index (χ1v) is 6.43. The molecule has 1 aromatic rings. The van der Waals surface area contributed by atoms with Crippen LogP contribution in [0.5, 0.6) is 11.5 Å². The van der Waals surface area contributed by atoms with Crippen molar-refractivity contribution in [3.63, 3.8) is 0 Å². The number of para-hydroxylation sites is 1. The van der Waals surface area contributed by atoms with Gasteiger partial charge >= 0.3 is 0 Å². The molecule has 0 aromatic heterocycles. The van der Waals surface area contributed by atoms with E-state index in [0.717, 1.165) is 0 Å². The maximum absolute atomic E-state index is 12.2. The second-order valence-electron chi connectivity index (χ2n) is 4.75. The van der Waals surface area contributed by atoms with Crippen molar-refractivity contribution in [3.8, 4) is 11.5 Å². The van der Waals surface area contributed by atoms with Crippen molar-refractivity contribution in [2.24, 2.45) is 5.92 Å². The number of hydrogen-bond acceptors (Lipinski definition) is 4. The fourth-order valence-electron chi connectivity index (χ4n) is 1.84. The topological polar surface area (TPSA) is 67.8 Å². The molecule has 1 aliphatic heterocycles. The van der Waals surface area contributed by atoms with Crippen LogP contribution in [-0.2, 0) is 0 Å². The van der Waals surface area contributed by atoms with Gasteiger partial charge in [-0.05, 0) is 25.0 Å². The molecule has 0 spiro atoms. The van der Waals surface area contributed by atoms with Crippen LogP contribution >= 0.6 is 0 Å². The Labute approximate surface area is 112 Å². The fourth-order valence-corrected chi connectivity index (χ4v) is 1.84. The van der Waals surface area contributed by atoms with Gasteiger partial charge in [0.1, 0.15) is 13.2 Å². The van der Waals surface area contributed by atoms with Crippen LogP contribution in [0.15, 0.2) is 18.2 Å². The molecular formula is C14H19NO4. The van der Waals surface area contributed by atoms with Gasteiger partial charge in [-0.3, -0.25) is 4.79 Å². The fraction of sp³-hybridized carbons (Fsp3) is 0.500. The van der Waals surface area contributed by atoms with Gasteiger partial charge in [0, 0.05) is 12.6 Å². The molecule has 0 saturated heterocycles. The first kappa shape index (κ1) is 13.7. The molecule has 104 valence electrons. The summed E-state index contributed by atoms with van der Waals surface area (Å²) in [5, 5.41) is 11.9. The van der Waals surface area contributed by atoms with Gasteiger partial charge in [0.2, 0.25) is 0 Å². The highest BCUT2D eigenvalue weighted by Crippen LogP contribution is 2.33. The standard InChI is InChI=1S/C14H19NO4/c1-9(8-16)10(2)15-14(17)11-4-3-5-12-13(11)19-7-6-18-12/h3-5,9-10,16H,6-8H2,1-2H3,(H,15,17). The van der Waals surface area contributed by atoms with Crippen LogP contribution in [0.3, 0.4) is 0 Å². The summed E-state index contributed by atoms with van der Waals surface area (Å²) in [5.74, 6) is 0.882. The highest BCUT2D eigenvalue weighted by molar-refractivity contribution is 5.98. The Morgan fingerprint density at radius 3 is 2.84 bits per heavy atom. The van der Waals surface area contributed by atoms with E-state index in [9.17, 15) is 4.79 Å². The van der Waals surface area contributed by atoms with Gasteiger partial charge in [0.25, 0.3) is 5.91 Å². The van der Waals surface area contributed by atoms with Gasteiger partial charge < -0.3 is 19.9 Å². The van der Waals surface area contributed by atoms with E-state index in [1.165, 1.54) is 0 Å². The minimum atomic E-state index is -0.213. The van der Waals surface area contributed by atoms with E-state index in [2.05, 4.69) is 5.32 Å². The molecule has 2 rings (SSSR count). The molecule has 0 aliphatic carbocycles. The molecule has 5 nitrogen and oxygen atoms in total. The normalized spacial score (nSPS) is 16.6. The number of fused-ring (bicyclic) bond motifs is 1. The number of carbonyl (C=O) groups excluding carboxylic acids is 1. The third-order valence-corrected chi connectivity index (χ3v) is 3.31. The lowest BCUT2D eigenvalue weighted by molar-refractivity contribution is 0.0905. The molecule has 0 fully saturated rings. The van der Waals surface area contributed by atoms with E-state index in [-0.39, 0.29) is 24.5 Å². The molecular weight excluding hydrogens is 246 g/mol. The molecule has 2 N–H and O–H groups in total. The van der Waals surface area contributed by atoms with Crippen LogP contribution < -0.4 is 14.8 Å². The predicted octanol–water partition coefficient (Wildman–Crippen LogP) is 1.20. The van der Waals surface area contributed by atoms with Gasteiger partial charge in [0.05, 0.1) is 5.56 Å². The maximum Gasteiger partial charge on any atom is 0.255 e. The SMILES string of the molecule is CC(CO)C(C)NC(=O)c1cccc2c1OCCO2. The Balaban J connectivity index is 2.15. The summed E-state index contributed by atoms with van der Waals surface area (Å²) in [4.78, 5) is 12.2. The molecule has 1 aromatic carbocycles. The third kappa shape index (κ3) is 2.98. The Morgan fingerprint density at radius 1 is 1.37 bits per heavy atom. The monoisotopic (exact) mass is 265 g/mol. The highest BCUT2D eigenvalue weighted by atomic mass is 16.6. The second kappa shape index (κ2) is 5.93. The Bertz CT molecular complexity index is 461. The Morgan fingerprint density at radius 2 is 2.11 bits per heavy atom. The van der Waals surface area contributed by atoms with Gasteiger partial charge in [-0.1, -0.05) is 13.0 Å². The van der Waals surface area contributed by atoms with Crippen LogP contribution in [0.1, 0.15) is 24.2 Å². The number of hydrogen-bond donors (Lipinski definition) is 2. The lowest BCUT2D eigenvalue weighted by Gasteiger charge is -2.23. The van der Waals surface area contributed by atoms with E-state index in [0.29, 0.717) is 30.3 Å². The number of nitrogens with one attached hydrogen (secondary N) is 1. The summed E-state index contributed by atoms with van der Waals surface area (Å²) in [6.07, 6.45) is 0. The summed E-state index contributed by atoms with van der Waals surface area (Å²) in [6, 6.07) is 5.14. The molecule has 19 heavy (non-hydrogen) atoms. The number of amides is 1. The minimum Gasteiger partial charge on any atom is -0.486 e. The summed E-state index contributed by atoms with van der Waals surface area (Å²) in [7, 11) is 0. The summed E-state index contributed by atoms with van der Waals surface area (Å²) >= 11 is 0. The second-order valence-corrected chi connectivity index (χ2v) is 4.75. The average Bonchev–Trinajstić information content (AvgIpc) is 2.45. The van der Waals surface area contributed by atoms with Crippen LogP contribution in [0.25, 0.3) is 0 Å². The number of benzene rings is 1. The maximum atomic E-state index is 12.2. The van der Waals surface area contributed by atoms with Gasteiger partial charge in [0.15, 0.2) is 11.5 Å². The first-order chi connectivity index (χ1) is 9.13. The third-order valence-electron chi connectivity index (χ3n) is 3.31. The lowest BCUT2D eigenvalue weighted by atomic mass is 10.0. The zero-order chi connectivity index (χ0) is 13.8. The lowest BCUT2D eigenvalue weighted by Crippen LogP contribution is -2.38. The molecule has 1 amide bonds. The van der Waals surface area contributed by atoms with Gasteiger partial charge in [-0.25, -0.2) is 0 Å². The zero-order valence-corrected chi connectivity index (χ0v) is 11.2. The van der Waals surface area contributed by atoms with Crippen molar-refractivity contribution >= 4 is 5.91 Å². The van der Waals surface area contributed by atoms with Crippen molar-refractivity contribution < 1.29 is 19.4 Å². The van der Waals surface area contributed by atoms with E-state index in [1.807, 2.05) is 13.8 Å². The smallest absolute Gasteiger partial charge is 0.255 e. The zero-order valence-electron chi connectivity index (χ0n) is 11.2. The van der Waals surface area contributed by atoms with Crippen LogP contribution in [0.4, 0.5) is 0 Å². The molecule has 5 heteroatoms. The largest absolute Gasteiger partial charge is 0.486 e. The van der Waals surface area contributed by atoms with Crippen LogP contribution in [0, 0.1) is 5.92 Å². The summed E-state index contributed by atoms with van der Waals surface area (Å²) in [5.41, 5.74) is 0.467. The number of carbonyl (C=O) groups is 1. The van der Waals surface area contributed by atoms with Crippen molar-refractivity contribution in [2.75, 3.05) is 19.8 Å². The van der Waals surface area contributed by atoms with Crippen LogP contribution in [-0.4, -0.2) is 36.9 Å². The summed E-state index contributed by atoms with van der Waals surface area (Å²) in [6.45, 7) is 4.72. The number of ether oxygens (including phenoxy) is 2. The van der Waals surface area contributed by atoms with E-state index < -0.39 is 0 Å². The molecule has 1 heterocycles. The van der Waals surface area contributed by atoms with Crippen LogP contribution in [0.2, 0.25) is 0 Å². The van der Waals surface area contributed by atoms with E-state index in [1.54, 1.807) is 18.2 Å². The van der Waals surface area contributed by atoms with Crippen molar-refractivity contribution in [1.82, 2.24) is 5.32 Å². The van der Waals surface area contributed by atoms with Gasteiger partial charge in [-0.15, -0.1) is 0 Å². The molecule has 1 aliphatic rings. The molecule has 0 radical (unpaired) electrons. The van der Waals surface area contributed by atoms with Crippen molar-refractivity contribution in [2.45, 2.75) is 19.9 Å². The average molecular weight is 265 g/mol. The molecule has 2 unspecified atom stereocenters. The minimum absolute atomic E-state index is 0.000608. The van der Waals surface area contributed by atoms with E-state index in [4.69, 9.17) is 14.6 Å². The summed E-state index contributed by atoms with van der Waals surface area (Å²) < 4.78 is 11.0. The first-order valence-electron chi connectivity index (χ1n) is 6.43. The Hall–Kier alpha value is -1.75. The van der Waals surface area contributed by atoms with E-state index >= 15 is 0 Å². The predicted molar refractivity (Wildman–Crippen MR) is 70.6 cm³/mol. The number of rotatable bonds is 4. The number of aliphatic hydroxyl groups excluding tert-OH is 1. The number of aliphatic hydroxyl groups is 1. The Kier molecular flexibility index (Phi) is 4.27. The molecule has 2 atom stereocenters. The molecule has 0 bridgehead atoms.